The number of halogens is 1. The van der Waals surface area contributed by atoms with Gasteiger partial charge in [-0.3, -0.25) is 0 Å². The number of carbonyl (C=O) groups is 1. The quantitative estimate of drug-likeness (QED) is 0.840. The molecular formula is C15H23FN2O2. The first-order valence-electron chi connectivity index (χ1n) is 6.82. The monoisotopic (exact) mass is 282 g/mol. The standard InChI is InChI=1S/C15H23FN2O2/c1-11(17-15(20)18(3)10-12(2)19)7-8-13-5-4-6-14(16)9-13/h4-6,9,11-12,19H,7-8,10H2,1-3H3,(H,17,20)/t11-,12-/m0/s1. The summed E-state index contributed by atoms with van der Waals surface area (Å²) >= 11 is 0. The second-order valence-corrected chi connectivity index (χ2v) is 5.25. The molecule has 0 unspecified atom stereocenters. The van der Waals surface area contributed by atoms with Gasteiger partial charge in [-0.25, -0.2) is 9.18 Å². The molecule has 0 saturated heterocycles. The van der Waals surface area contributed by atoms with Crippen molar-refractivity contribution in [3.05, 3.63) is 35.6 Å². The molecule has 2 atom stereocenters. The summed E-state index contributed by atoms with van der Waals surface area (Å²) in [6.45, 7) is 3.84. The van der Waals surface area contributed by atoms with Crippen LogP contribution in [0, 0.1) is 5.82 Å². The Morgan fingerprint density at radius 3 is 2.75 bits per heavy atom. The van der Waals surface area contributed by atoms with Gasteiger partial charge in [0.05, 0.1) is 6.10 Å². The summed E-state index contributed by atoms with van der Waals surface area (Å²) in [6, 6.07) is 6.26. The Balaban J connectivity index is 2.36. The van der Waals surface area contributed by atoms with Crippen LogP contribution >= 0.6 is 0 Å². The SMILES string of the molecule is C[C@H](O)CN(C)C(=O)N[C@@H](C)CCc1cccc(F)c1. The molecule has 0 aliphatic heterocycles. The lowest BCUT2D eigenvalue weighted by atomic mass is 10.1. The number of amides is 2. The van der Waals surface area contributed by atoms with Crippen molar-refractivity contribution in [3.8, 4) is 0 Å². The van der Waals surface area contributed by atoms with Gasteiger partial charge in [0.2, 0.25) is 0 Å². The van der Waals surface area contributed by atoms with Gasteiger partial charge in [-0.1, -0.05) is 12.1 Å². The molecule has 0 aliphatic rings. The second kappa shape index (κ2) is 7.85. The minimum absolute atomic E-state index is 0.0118. The van der Waals surface area contributed by atoms with E-state index in [1.54, 1.807) is 20.0 Å². The van der Waals surface area contributed by atoms with Crippen LogP contribution in [-0.4, -0.2) is 41.8 Å². The minimum atomic E-state index is -0.548. The van der Waals surface area contributed by atoms with E-state index in [-0.39, 0.29) is 17.9 Å². The maximum atomic E-state index is 13.0. The van der Waals surface area contributed by atoms with Crippen LogP contribution in [0.15, 0.2) is 24.3 Å². The molecule has 0 aliphatic carbocycles. The largest absolute Gasteiger partial charge is 0.392 e. The number of hydrogen-bond acceptors (Lipinski definition) is 2. The van der Waals surface area contributed by atoms with E-state index in [1.807, 2.05) is 13.0 Å². The molecule has 0 fully saturated rings. The number of nitrogens with one attached hydrogen (secondary N) is 1. The zero-order valence-corrected chi connectivity index (χ0v) is 12.3. The van der Waals surface area contributed by atoms with E-state index in [9.17, 15) is 14.3 Å². The zero-order chi connectivity index (χ0) is 15.1. The van der Waals surface area contributed by atoms with Gasteiger partial charge in [-0.15, -0.1) is 0 Å². The highest BCUT2D eigenvalue weighted by Gasteiger charge is 2.13. The second-order valence-electron chi connectivity index (χ2n) is 5.25. The van der Waals surface area contributed by atoms with Crippen LogP contribution in [0.3, 0.4) is 0 Å². The van der Waals surface area contributed by atoms with Crippen LogP contribution in [0.4, 0.5) is 9.18 Å². The average molecular weight is 282 g/mol. The molecule has 1 aromatic rings. The summed E-state index contributed by atoms with van der Waals surface area (Å²) in [4.78, 5) is 13.2. The molecule has 0 heterocycles. The number of aryl methyl sites for hydroxylation is 1. The molecule has 0 spiro atoms. The van der Waals surface area contributed by atoms with E-state index in [0.717, 1.165) is 12.0 Å². The topological polar surface area (TPSA) is 52.6 Å². The molecular weight excluding hydrogens is 259 g/mol. The predicted molar refractivity (Wildman–Crippen MR) is 77.0 cm³/mol. The van der Waals surface area contributed by atoms with Crippen LogP contribution < -0.4 is 5.32 Å². The third-order valence-electron chi connectivity index (χ3n) is 3.01. The molecule has 1 rings (SSSR count). The van der Waals surface area contributed by atoms with E-state index in [2.05, 4.69) is 5.32 Å². The first-order valence-corrected chi connectivity index (χ1v) is 6.82. The molecule has 2 amide bonds. The number of carbonyl (C=O) groups excluding carboxylic acids is 1. The lowest BCUT2D eigenvalue weighted by molar-refractivity contribution is 0.142. The summed E-state index contributed by atoms with van der Waals surface area (Å²) in [5.74, 6) is -0.240. The van der Waals surface area contributed by atoms with Crippen molar-refractivity contribution < 1.29 is 14.3 Å². The maximum absolute atomic E-state index is 13.0. The number of urea groups is 1. The minimum Gasteiger partial charge on any atom is -0.392 e. The Labute approximate surface area is 119 Å². The van der Waals surface area contributed by atoms with Crippen molar-refractivity contribution in [1.29, 1.82) is 0 Å². The number of aliphatic hydroxyl groups excluding tert-OH is 1. The van der Waals surface area contributed by atoms with E-state index in [0.29, 0.717) is 13.0 Å². The van der Waals surface area contributed by atoms with Crippen LogP contribution in [0.1, 0.15) is 25.8 Å². The van der Waals surface area contributed by atoms with Crippen LogP contribution in [0.2, 0.25) is 0 Å². The molecule has 0 saturated carbocycles. The van der Waals surface area contributed by atoms with E-state index < -0.39 is 6.10 Å². The van der Waals surface area contributed by atoms with Gasteiger partial charge >= 0.3 is 6.03 Å². The van der Waals surface area contributed by atoms with Crippen LogP contribution in [0.25, 0.3) is 0 Å². The smallest absolute Gasteiger partial charge is 0.317 e. The predicted octanol–water partition coefficient (Wildman–Crippen LogP) is 2.17. The van der Waals surface area contributed by atoms with Crippen molar-refractivity contribution in [2.75, 3.05) is 13.6 Å². The van der Waals surface area contributed by atoms with Gasteiger partial charge in [-0.05, 0) is 44.4 Å². The Kier molecular flexibility index (Phi) is 6.45. The fourth-order valence-corrected chi connectivity index (χ4v) is 1.95. The number of nitrogens with zero attached hydrogens (tertiary/aromatic N) is 1. The number of rotatable bonds is 6. The summed E-state index contributed by atoms with van der Waals surface area (Å²) in [5, 5.41) is 12.1. The molecule has 4 nitrogen and oxygen atoms in total. The van der Waals surface area contributed by atoms with Crippen LogP contribution in [-0.2, 0) is 6.42 Å². The molecule has 0 radical (unpaired) electrons. The third-order valence-corrected chi connectivity index (χ3v) is 3.01. The van der Waals surface area contributed by atoms with Crippen molar-refractivity contribution in [1.82, 2.24) is 10.2 Å². The Hall–Kier alpha value is -1.62. The highest BCUT2D eigenvalue weighted by molar-refractivity contribution is 5.74. The van der Waals surface area contributed by atoms with Crippen molar-refractivity contribution in [3.63, 3.8) is 0 Å². The molecule has 112 valence electrons. The zero-order valence-electron chi connectivity index (χ0n) is 12.3. The number of aliphatic hydroxyl groups is 1. The normalized spacial score (nSPS) is 13.7. The van der Waals surface area contributed by atoms with Gasteiger partial charge in [-0.2, -0.15) is 0 Å². The Morgan fingerprint density at radius 2 is 2.15 bits per heavy atom. The Bertz CT molecular complexity index is 438. The van der Waals surface area contributed by atoms with E-state index in [1.165, 1.54) is 17.0 Å². The van der Waals surface area contributed by atoms with Crippen molar-refractivity contribution >= 4 is 6.03 Å². The molecule has 5 heteroatoms. The van der Waals surface area contributed by atoms with Crippen molar-refractivity contribution in [2.24, 2.45) is 0 Å². The Morgan fingerprint density at radius 1 is 1.45 bits per heavy atom. The fraction of sp³-hybridized carbons (Fsp3) is 0.533. The van der Waals surface area contributed by atoms with Gasteiger partial charge in [0.1, 0.15) is 5.82 Å². The molecule has 0 bridgehead atoms. The molecule has 1 aromatic carbocycles. The van der Waals surface area contributed by atoms with Crippen LogP contribution in [0.5, 0.6) is 0 Å². The lowest BCUT2D eigenvalue weighted by Crippen LogP contribution is -2.44. The third kappa shape index (κ3) is 6.02. The number of hydrogen-bond donors (Lipinski definition) is 2. The molecule has 0 aromatic heterocycles. The van der Waals surface area contributed by atoms with Gasteiger partial charge in [0, 0.05) is 19.6 Å². The summed E-state index contributed by atoms with van der Waals surface area (Å²) in [7, 11) is 1.64. The first kappa shape index (κ1) is 16.4. The number of likely N-dealkylation sites (N-methyl/N-ethyl adjacent to an activating group) is 1. The highest BCUT2D eigenvalue weighted by atomic mass is 19.1. The summed E-state index contributed by atoms with van der Waals surface area (Å²) in [5.41, 5.74) is 0.920. The summed E-state index contributed by atoms with van der Waals surface area (Å²) < 4.78 is 13.0. The van der Waals surface area contributed by atoms with E-state index >= 15 is 0 Å². The van der Waals surface area contributed by atoms with Gasteiger partial charge < -0.3 is 15.3 Å². The summed E-state index contributed by atoms with van der Waals surface area (Å²) in [6.07, 6.45) is 0.894. The van der Waals surface area contributed by atoms with Gasteiger partial charge in [0.25, 0.3) is 0 Å². The lowest BCUT2D eigenvalue weighted by Gasteiger charge is -2.22. The van der Waals surface area contributed by atoms with Crippen molar-refractivity contribution in [2.45, 2.75) is 38.8 Å². The fourth-order valence-electron chi connectivity index (χ4n) is 1.95. The molecule has 20 heavy (non-hydrogen) atoms. The average Bonchev–Trinajstić information content (AvgIpc) is 2.35. The molecule has 2 N–H and O–H groups in total. The first-order chi connectivity index (χ1) is 9.38. The van der Waals surface area contributed by atoms with E-state index in [4.69, 9.17) is 0 Å². The maximum Gasteiger partial charge on any atom is 0.317 e. The number of benzene rings is 1. The van der Waals surface area contributed by atoms with Gasteiger partial charge in [0.15, 0.2) is 0 Å². The highest BCUT2D eigenvalue weighted by Crippen LogP contribution is 2.08.